The third kappa shape index (κ3) is 2.31. The van der Waals surface area contributed by atoms with E-state index >= 15 is 0 Å². The molecule has 0 aromatic rings. The quantitative estimate of drug-likeness (QED) is 0.651. The number of carboxylic acid groups (broad SMARTS) is 1. The first kappa shape index (κ1) is 10.7. The van der Waals surface area contributed by atoms with Gasteiger partial charge in [0, 0.05) is 6.54 Å². The molecule has 0 radical (unpaired) electrons. The molecular formula is C9H13NO4. The monoisotopic (exact) mass is 199 g/mol. The molecule has 1 rings (SSSR count). The molecule has 0 aliphatic carbocycles. The van der Waals surface area contributed by atoms with E-state index in [-0.39, 0.29) is 18.1 Å². The van der Waals surface area contributed by atoms with Crippen molar-refractivity contribution in [3.05, 3.63) is 0 Å². The van der Waals surface area contributed by atoms with E-state index in [1.165, 1.54) is 11.8 Å². The van der Waals surface area contributed by atoms with Crippen molar-refractivity contribution in [1.29, 1.82) is 0 Å². The van der Waals surface area contributed by atoms with E-state index in [4.69, 9.17) is 5.11 Å². The Labute approximate surface area is 81.7 Å². The summed E-state index contributed by atoms with van der Waals surface area (Å²) in [6.07, 6.45) is 0.989. The Morgan fingerprint density at radius 1 is 1.43 bits per heavy atom. The standard InChI is InChI=1S/C9H13NO4/c1-6(11)5-8(12)10-4-2-3-7(10)9(13)14/h7H,2-5H2,1H3,(H,13,14). The Bertz CT molecular complexity index is 274. The van der Waals surface area contributed by atoms with Crippen molar-refractivity contribution in [1.82, 2.24) is 4.90 Å². The lowest BCUT2D eigenvalue weighted by Gasteiger charge is -2.20. The van der Waals surface area contributed by atoms with Gasteiger partial charge in [0.1, 0.15) is 11.8 Å². The lowest BCUT2D eigenvalue weighted by atomic mass is 10.2. The maximum atomic E-state index is 11.4. The minimum Gasteiger partial charge on any atom is -0.480 e. The molecule has 1 unspecified atom stereocenters. The summed E-state index contributed by atoms with van der Waals surface area (Å²) in [6, 6.07) is -0.734. The fourth-order valence-electron chi connectivity index (χ4n) is 1.64. The summed E-state index contributed by atoms with van der Waals surface area (Å²) in [6.45, 7) is 1.77. The highest BCUT2D eigenvalue weighted by Gasteiger charge is 2.33. The van der Waals surface area contributed by atoms with Crippen LogP contribution in [0.5, 0.6) is 0 Å². The lowest BCUT2D eigenvalue weighted by Crippen LogP contribution is -2.40. The molecule has 1 N–H and O–H groups in total. The average molecular weight is 199 g/mol. The van der Waals surface area contributed by atoms with E-state index in [0.29, 0.717) is 19.4 Å². The van der Waals surface area contributed by atoms with Gasteiger partial charge in [-0.25, -0.2) is 4.79 Å². The lowest BCUT2D eigenvalue weighted by molar-refractivity contribution is -0.149. The molecule has 1 aliphatic heterocycles. The van der Waals surface area contributed by atoms with Crippen LogP contribution in [0.3, 0.4) is 0 Å². The molecule has 1 fully saturated rings. The number of ketones is 1. The highest BCUT2D eigenvalue weighted by Crippen LogP contribution is 2.18. The summed E-state index contributed by atoms with van der Waals surface area (Å²) in [7, 11) is 0. The van der Waals surface area contributed by atoms with E-state index in [1.807, 2.05) is 0 Å². The van der Waals surface area contributed by atoms with Gasteiger partial charge in [0.15, 0.2) is 0 Å². The summed E-state index contributed by atoms with van der Waals surface area (Å²) in [5.41, 5.74) is 0. The molecule has 0 aromatic heterocycles. The third-order valence-electron chi connectivity index (χ3n) is 2.26. The van der Waals surface area contributed by atoms with Gasteiger partial charge in [-0.05, 0) is 19.8 Å². The number of aliphatic carboxylic acids is 1. The first-order valence-corrected chi connectivity index (χ1v) is 4.54. The molecule has 1 amide bonds. The van der Waals surface area contributed by atoms with Crippen LogP contribution in [0, 0.1) is 0 Å². The highest BCUT2D eigenvalue weighted by atomic mass is 16.4. The van der Waals surface area contributed by atoms with Crippen LogP contribution in [0.2, 0.25) is 0 Å². The van der Waals surface area contributed by atoms with Crippen molar-refractivity contribution < 1.29 is 19.5 Å². The molecule has 1 atom stereocenters. The summed E-state index contributed by atoms with van der Waals surface area (Å²) < 4.78 is 0. The van der Waals surface area contributed by atoms with Gasteiger partial charge in [-0.15, -0.1) is 0 Å². The Hall–Kier alpha value is -1.39. The molecule has 0 saturated carbocycles. The number of carbonyl (C=O) groups excluding carboxylic acids is 2. The van der Waals surface area contributed by atoms with Crippen LogP contribution in [0.15, 0.2) is 0 Å². The van der Waals surface area contributed by atoms with Gasteiger partial charge in [0.05, 0.1) is 6.42 Å². The number of nitrogens with zero attached hydrogens (tertiary/aromatic N) is 1. The minimum atomic E-state index is -0.987. The second-order valence-electron chi connectivity index (χ2n) is 3.46. The summed E-state index contributed by atoms with van der Waals surface area (Å²) in [5, 5.41) is 8.79. The fourth-order valence-corrected chi connectivity index (χ4v) is 1.64. The topological polar surface area (TPSA) is 74.7 Å². The molecule has 1 saturated heterocycles. The number of carboxylic acids is 1. The predicted molar refractivity (Wildman–Crippen MR) is 47.7 cm³/mol. The van der Waals surface area contributed by atoms with Crippen LogP contribution in [0.25, 0.3) is 0 Å². The molecule has 0 spiro atoms. The van der Waals surface area contributed by atoms with Crippen LogP contribution in [0.1, 0.15) is 26.2 Å². The van der Waals surface area contributed by atoms with Crippen molar-refractivity contribution in [3.8, 4) is 0 Å². The van der Waals surface area contributed by atoms with E-state index in [9.17, 15) is 14.4 Å². The minimum absolute atomic E-state index is 0.191. The zero-order chi connectivity index (χ0) is 10.7. The molecule has 1 heterocycles. The molecule has 5 heteroatoms. The Morgan fingerprint density at radius 3 is 2.57 bits per heavy atom. The predicted octanol–water partition coefficient (Wildman–Crippen LogP) is 0.0411. The fraction of sp³-hybridized carbons (Fsp3) is 0.667. The molecule has 0 aromatic carbocycles. The zero-order valence-corrected chi connectivity index (χ0v) is 8.02. The van der Waals surface area contributed by atoms with Crippen molar-refractivity contribution in [3.63, 3.8) is 0 Å². The summed E-state index contributed by atoms with van der Waals surface area (Å²) >= 11 is 0. The normalized spacial score (nSPS) is 20.9. The van der Waals surface area contributed by atoms with Crippen LogP contribution >= 0.6 is 0 Å². The van der Waals surface area contributed by atoms with Gasteiger partial charge in [0.2, 0.25) is 5.91 Å². The van der Waals surface area contributed by atoms with E-state index in [1.54, 1.807) is 0 Å². The van der Waals surface area contributed by atoms with Crippen molar-refractivity contribution in [2.75, 3.05) is 6.54 Å². The zero-order valence-electron chi connectivity index (χ0n) is 8.02. The number of Topliss-reactive ketones (excluding diaryl/α,β-unsaturated/α-hetero) is 1. The van der Waals surface area contributed by atoms with Crippen molar-refractivity contribution in [2.24, 2.45) is 0 Å². The Morgan fingerprint density at radius 2 is 2.07 bits per heavy atom. The molecular weight excluding hydrogens is 186 g/mol. The van der Waals surface area contributed by atoms with E-state index in [2.05, 4.69) is 0 Å². The second kappa shape index (κ2) is 4.21. The van der Waals surface area contributed by atoms with Crippen LogP contribution in [-0.4, -0.2) is 40.3 Å². The van der Waals surface area contributed by atoms with Gasteiger partial charge in [-0.3, -0.25) is 9.59 Å². The smallest absolute Gasteiger partial charge is 0.326 e. The Balaban J connectivity index is 2.62. The molecule has 5 nitrogen and oxygen atoms in total. The van der Waals surface area contributed by atoms with Crippen molar-refractivity contribution in [2.45, 2.75) is 32.2 Å². The van der Waals surface area contributed by atoms with Crippen LogP contribution < -0.4 is 0 Å². The number of amides is 1. The molecule has 0 bridgehead atoms. The van der Waals surface area contributed by atoms with Crippen molar-refractivity contribution >= 4 is 17.7 Å². The maximum Gasteiger partial charge on any atom is 0.326 e. The van der Waals surface area contributed by atoms with Crippen LogP contribution in [-0.2, 0) is 14.4 Å². The highest BCUT2D eigenvalue weighted by molar-refractivity contribution is 5.98. The number of likely N-dealkylation sites (tertiary alicyclic amines) is 1. The van der Waals surface area contributed by atoms with Crippen LogP contribution in [0.4, 0.5) is 0 Å². The molecule has 1 aliphatic rings. The number of hydrogen-bond donors (Lipinski definition) is 1. The van der Waals surface area contributed by atoms with Gasteiger partial charge in [-0.1, -0.05) is 0 Å². The van der Waals surface area contributed by atoms with E-state index < -0.39 is 12.0 Å². The molecule has 14 heavy (non-hydrogen) atoms. The van der Waals surface area contributed by atoms with Gasteiger partial charge >= 0.3 is 5.97 Å². The summed E-state index contributed by atoms with van der Waals surface area (Å²) in [5.74, 6) is -1.59. The SMILES string of the molecule is CC(=O)CC(=O)N1CCCC1C(=O)O. The van der Waals surface area contributed by atoms with Gasteiger partial charge in [0.25, 0.3) is 0 Å². The maximum absolute atomic E-state index is 11.4. The first-order chi connectivity index (χ1) is 6.52. The average Bonchev–Trinajstić information content (AvgIpc) is 2.49. The number of rotatable bonds is 3. The Kier molecular flexibility index (Phi) is 3.22. The second-order valence-corrected chi connectivity index (χ2v) is 3.46. The largest absolute Gasteiger partial charge is 0.480 e. The molecule has 78 valence electrons. The summed E-state index contributed by atoms with van der Waals surface area (Å²) in [4.78, 5) is 34.1. The van der Waals surface area contributed by atoms with E-state index in [0.717, 1.165) is 0 Å². The van der Waals surface area contributed by atoms with Gasteiger partial charge in [-0.2, -0.15) is 0 Å². The third-order valence-corrected chi connectivity index (χ3v) is 2.26. The first-order valence-electron chi connectivity index (χ1n) is 4.54. The number of hydrogen-bond acceptors (Lipinski definition) is 3. The number of carbonyl (C=O) groups is 3. The van der Waals surface area contributed by atoms with Gasteiger partial charge < -0.3 is 10.0 Å².